The fourth-order valence-corrected chi connectivity index (χ4v) is 6.24. The summed E-state index contributed by atoms with van der Waals surface area (Å²) in [6, 6.07) is 19.9. The largest absolute Gasteiger partial charge is 0.497 e. The first kappa shape index (κ1) is 26.1. The van der Waals surface area contributed by atoms with Crippen LogP contribution >= 0.6 is 34.8 Å². The van der Waals surface area contributed by atoms with Crippen molar-refractivity contribution in [2.45, 2.75) is 30.2 Å². The van der Waals surface area contributed by atoms with E-state index in [1.165, 1.54) is 0 Å². The number of benzene rings is 3. The normalized spacial score (nSPS) is 18.5. The Labute approximate surface area is 222 Å². The SMILES string of the molecule is COc1ccc(S(=O)(=O)NCC[C@@H]2CC[C@@H](c3ccc(Cl)cc3Cl)N(c3ccc(Cl)cc3)C2)cc1. The van der Waals surface area contributed by atoms with Crippen LogP contribution < -0.4 is 14.4 Å². The highest BCUT2D eigenvalue weighted by Gasteiger charge is 2.31. The molecule has 5 nitrogen and oxygen atoms in total. The van der Waals surface area contributed by atoms with Gasteiger partial charge in [0.2, 0.25) is 10.0 Å². The number of rotatable bonds is 8. The molecule has 1 N–H and O–H groups in total. The molecule has 0 unspecified atom stereocenters. The highest BCUT2D eigenvalue weighted by Crippen LogP contribution is 2.41. The Morgan fingerprint density at radius 1 is 0.943 bits per heavy atom. The number of anilines is 1. The van der Waals surface area contributed by atoms with E-state index in [1.54, 1.807) is 37.4 Å². The second kappa shape index (κ2) is 11.4. The zero-order valence-corrected chi connectivity index (χ0v) is 22.3. The minimum atomic E-state index is -3.58. The van der Waals surface area contributed by atoms with Gasteiger partial charge in [0.15, 0.2) is 0 Å². The molecule has 0 bridgehead atoms. The molecule has 1 aliphatic heterocycles. The van der Waals surface area contributed by atoms with E-state index in [2.05, 4.69) is 9.62 Å². The summed E-state index contributed by atoms with van der Waals surface area (Å²) >= 11 is 18.8. The molecule has 0 amide bonds. The maximum Gasteiger partial charge on any atom is 0.240 e. The minimum absolute atomic E-state index is 0.0909. The average molecular weight is 554 g/mol. The monoisotopic (exact) mass is 552 g/mol. The summed E-state index contributed by atoms with van der Waals surface area (Å²) in [7, 11) is -2.04. The zero-order valence-electron chi connectivity index (χ0n) is 19.3. The summed E-state index contributed by atoms with van der Waals surface area (Å²) in [6.45, 7) is 1.13. The molecule has 9 heteroatoms. The van der Waals surface area contributed by atoms with Gasteiger partial charge in [0.1, 0.15) is 5.75 Å². The third kappa shape index (κ3) is 6.43. The minimum Gasteiger partial charge on any atom is -0.497 e. The van der Waals surface area contributed by atoms with Crippen molar-refractivity contribution < 1.29 is 13.2 Å². The molecule has 3 aromatic carbocycles. The summed E-state index contributed by atoms with van der Waals surface area (Å²) in [5, 5.41) is 1.93. The van der Waals surface area contributed by atoms with E-state index in [-0.39, 0.29) is 10.9 Å². The van der Waals surface area contributed by atoms with Crippen LogP contribution in [0, 0.1) is 5.92 Å². The van der Waals surface area contributed by atoms with Gasteiger partial charge >= 0.3 is 0 Å². The van der Waals surface area contributed by atoms with Crippen molar-refractivity contribution in [2.24, 2.45) is 5.92 Å². The standard InChI is InChI=1S/C26H27Cl3N2O3S/c1-34-22-8-10-23(11-9-22)35(32,33)30-15-14-18-2-13-26(24-12-5-20(28)16-25(24)29)31(17-18)21-6-3-19(27)4-7-21/h3-12,16,18,26,30H,2,13-15,17H2,1H3/t18-,26-/m0/s1. The van der Waals surface area contributed by atoms with Crippen molar-refractivity contribution in [1.29, 1.82) is 0 Å². The second-order valence-corrected chi connectivity index (χ2v) is 11.7. The number of piperidine rings is 1. The van der Waals surface area contributed by atoms with Gasteiger partial charge in [-0.2, -0.15) is 0 Å². The van der Waals surface area contributed by atoms with Crippen molar-refractivity contribution in [2.75, 3.05) is 25.1 Å². The van der Waals surface area contributed by atoms with Gasteiger partial charge in [0.05, 0.1) is 18.0 Å². The quantitative estimate of drug-likeness (QED) is 0.327. The molecule has 1 aliphatic rings. The van der Waals surface area contributed by atoms with Gasteiger partial charge in [0.25, 0.3) is 0 Å². The maximum atomic E-state index is 12.7. The Hall–Kier alpha value is -1.96. The van der Waals surface area contributed by atoms with Crippen LogP contribution in [0.5, 0.6) is 5.75 Å². The molecule has 4 rings (SSSR count). The van der Waals surface area contributed by atoms with Crippen molar-refractivity contribution in [1.82, 2.24) is 4.72 Å². The smallest absolute Gasteiger partial charge is 0.240 e. The molecule has 1 saturated heterocycles. The molecule has 0 aliphatic carbocycles. The van der Waals surface area contributed by atoms with E-state index in [0.29, 0.717) is 33.3 Å². The van der Waals surface area contributed by atoms with Gasteiger partial charge in [-0.05, 0) is 91.4 Å². The molecule has 0 spiro atoms. The van der Waals surface area contributed by atoms with E-state index in [0.717, 1.165) is 37.1 Å². The summed E-state index contributed by atoms with van der Waals surface area (Å²) in [4.78, 5) is 2.56. The fourth-order valence-electron chi connectivity index (χ4n) is 4.53. The first-order valence-corrected chi connectivity index (χ1v) is 14.0. The summed E-state index contributed by atoms with van der Waals surface area (Å²) in [6.07, 6.45) is 2.57. The molecule has 0 radical (unpaired) electrons. The number of nitrogens with one attached hydrogen (secondary N) is 1. The number of hydrogen-bond donors (Lipinski definition) is 1. The first-order chi connectivity index (χ1) is 16.8. The predicted molar refractivity (Wildman–Crippen MR) is 144 cm³/mol. The van der Waals surface area contributed by atoms with Crippen LogP contribution in [0.15, 0.2) is 71.6 Å². The van der Waals surface area contributed by atoms with Crippen LogP contribution in [-0.4, -0.2) is 28.6 Å². The molecular formula is C26H27Cl3N2O3S. The second-order valence-electron chi connectivity index (χ2n) is 8.62. The number of hydrogen-bond acceptors (Lipinski definition) is 4. The molecule has 35 heavy (non-hydrogen) atoms. The third-order valence-corrected chi connectivity index (χ3v) is 8.66. The predicted octanol–water partition coefficient (Wildman–Crippen LogP) is 6.98. The van der Waals surface area contributed by atoms with Crippen molar-refractivity contribution in [3.8, 4) is 5.75 Å². The summed E-state index contributed by atoms with van der Waals surface area (Å²) in [5.41, 5.74) is 2.08. The van der Waals surface area contributed by atoms with Crippen LogP contribution in [-0.2, 0) is 10.0 Å². The van der Waals surface area contributed by atoms with Crippen LogP contribution in [0.2, 0.25) is 15.1 Å². The molecule has 0 saturated carbocycles. The molecule has 1 heterocycles. The Bertz CT molecular complexity index is 1250. The van der Waals surface area contributed by atoms with Crippen LogP contribution in [0.3, 0.4) is 0 Å². The Morgan fingerprint density at radius 3 is 2.29 bits per heavy atom. The first-order valence-electron chi connectivity index (χ1n) is 11.4. The topological polar surface area (TPSA) is 58.6 Å². The number of halogens is 3. The number of sulfonamides is 1. The number of methoxy groups -OCH3 is 1. The fraction of sp³-hybridized carbons (Fsp3) is 0.308. The highest BCUT2D eigenvalue weighted by atomic mass is 35.5. The Morgan fingerprint density at radius 2 is 1.63 bits per heavy atom. The van der Waals surface area contributed by atoms with Gasteiger partial charge in [-0.15, -0.1) is 0 Å². The van der Waals surface area contributed by atoms with Gasteiger partial charge in [-0.25, -0.2) is 13.1 Å². The lowest BCUT2D eigenvalue weighted by Gasteiger charge is -2.42. The lowest BCUT2D eigenvalue weighted by atomic mass is 9.86. The third-order valence-electron chi connectivity index (χ3n) is 6.37. The summed E-state index contributed by atoms with van der Waals surface area (Å²) in [5.74, 6) is 0.926. The zero-order chi connectivity index (χ0) is 25.0. The summed E-state index contributed by atoms with van der Waals surface area (Å²) < 4.78 is 33.2. The average Bonchev–Trinajstić information content (AvgIpc) is 2.85. The van der Waals surface area contributed by atoms with Crippen molar-refractivity contribution in [3.05, 3.63) is 87.4 Å². The molecule has 186 valence electrons. The van der Waals surface area contributed by atoms with E-state index in [1.807, 2.05) is 36.4 Å². The maximum absolute atomic E-state index is 12.7. The van der Waals surface area contributed by atoms with E-state index in [9.17, 15) is 8.42 Å². The van der Waals surface area contributed by atoms with Crippen LogP contribution in [0.4, 0.5) is 5.69 Å². The molecule has 2 atom stereocenters. The van der Waals surface area contributed by atoms with Crippen LogP contribution in [0.25, 0.3) is 0 Å². The lowest BCUT2D eigenvalue weighted by Crippen LogP contribution is -2.39. The molecular weight excluding hydrogens is 527 g/mol. The highest BCUT2D eigenvalue weighted by molar-refractivity contribution is 7.89. The van der Waals surface area contributed by atoms with E-state index >= 15 is 0 Å². The van der Waals surface area contributed by atoms with Gasteiger partial charge in [-0.1, -0.05) is 40.9 Å². The van der Waals surface area contributed by atoms with E-state index < -0.39 is 10.0 Å². The van der Waals surface area contributed by atoms with Crippen molar-refractivity contribution >= 4 is 50.5 Å². The van der Waals surface area contributed by atoms with Crippen LogP contribution in [0.1, 0.15) is 30.9 Å². The number of nitrogens with zero attached hydrogens (tertiary/aromatic N) is 1. The number of ether oxygens (including phenoxy) is 1. The Balaban J connectivity index is 1.46. The van der Waals surface area contributed by atoms with Crippen molar-refractivity contribution in [3.63, 3.8) is 0 Å². The van der Waals surface area contributed by atoms with Gasteiger partial charge < -0.3 is 9.64 Å². The van der Waals surface area contributed by atoms with Gasteiger partial charge in [-0.3, -0.25) is 0 Å². The van der Waals surface area contributed by atoms with E-state index in [4.69, 9.17) is 39.5 Å². The molecule has 0 aromatic heterocycles. The van der Waals surface area contributed by atoms with Gasteiger partial charge in [0, 0.05) is 33.8 Å². The molecule has 1 fully saturated rings. The lowest BCUT2D eigenvalue weighted by molar-refractivity contribution is 0.343. The molecule has 3 aromatic rings. The Kier molecular flexibility index (Phi) is 8.50.